The van der Waals surface area contributed by atoms with E-state index < -0.39 is 0 Å². The zero-order valence-electron chi connectivity index (χ0n) is 13.6. The maximum Gasteiger partial charge on any atom is 0.250 e. The minimum atomic E-state index is -0.252. The molecule has 0 saturated carbocycles. The van der Waals surface area contributed by atoms with Crippen LogP contribution in [0.3, 0.4) is 0 Å². The summed E-state index contributed by atoms with van der Waals surface area (Å²) in [6, 6.07) is 11.0. The first kappa shape index (κ1) is 18.6. The number of benzene rings is 2. The van der Waals surface area contributed by atoms with Gasteiger partial charge in [-0.15, -0.1) is 0 Å². The highest BCUT2D eigenvalue weighted by Crippen LogP contribution is 2.33. The Bertz CT molecular complexity index is 918. The first-order valence-electron chi connectivity index (χ1n) is 7.49. The molecule has 0 aliphatic rings. The Labute approximate surface area is 163 Å². The Kier molecular flexibility index (Phi) is 6.03. The quantitative estimate of drug-likeness (QED) is 0.365. The summed E-state index contributed by atoms with van der Waals surface area (Å²) in [6.07, 6.45) is 1.46. The third-order valence-electron chi connectivity index (χ3n) is 3.34. The number of para-hydroxylation sites is 2. The zero-order valence-corrected chi connectivity index (χ0v) is 16.0. The van der Waals surface area contributed by atoms with E-state index >= 15 is 0 Å². The highest BCUT2D eigenvalue weighted by Gasteiger charge is 2.08. The van der Waals surface area contributed by atoms with Crippen molar-refractivity contribution in [3.8, 4) is 5.75 Å². The minimum absolute atomic E-state index is 0.182. The molecule has 2 N–H and O–H groups in total. The van der Waals surface area contributed by atoms with E-state index in [0.717, 1.165) is 11.0 Å². The van der Waals surface area contributed by atoms with Crippen LogP contribution in [0.5, 0.6) is 5.75 Å². The van der Waals surface area contributed by atoms with Crippen LogP contribution in [0.4, 0.5) is 0 Å². The van der Waals surface area contributed by atoms with E-state index in [1.54, 1.807) is 12.1 Å². The van der Waals surface area contributed by atoms with E-state index in [4.69, 9.17) is 27.9 Å². The monoisotopic (exact) mass is 408 g/mol. The first-order valence-corrected chi connectivity index (χ1v) is 9.23. The SMILES string of the molecule is COc1c(Cl)cc(/C=N\NC(=O)CSc2nc3ccccc3[nH]2)cc1Cl. The van der Waals surface area contributed by atoms with Crippen molar-refractivity contribution in [3.63, 3.8) is 0 Å². The Morgan fingerprint density at radius 3 is 2.77 bits per heavy atom. The summed E-state index contributed by atoms with van der Waals surface area (Å²) in [4.78, 5) is 19.4. The van der Waals surface area contributed by atoms with Gasteiger partial charge in [-0.2, -0.15) is 5.10 Å². The molecule has 26 heavy (non-hydrogen) atoms. The number of carbonyl (C=O) groups excluding carboxylic acids is 1. The van der Waals surface area contributed by atoms with Crippen LogP contribution in [0.2, 0.25) is 10.0 Å². The van der Waals surface area contributed by atoms with Crippen LogP contribution >= 0.6 is 35.0 Å². The predicted molar refractivity (Wildman–Crippen MR) is 106 cm³/mol. The second-order valence-corrected chi connectivity index (χ2v) is 6.94. The molecule has 6 nitrogen and oxygen atoms in total. The number of nitrogens with one attached hydrogen (secondary N) is 2. The molecule has 0 fully saturated rings. The van der Waals surface area contributed by atoms with Crippen molar-refractivity contribution >= 4 is 58.1 Å². The number of fused-ring (bicyclic) bond motifs is 1. The van der Waals surface area contributed by atoms with Gasteiger partial charge >= 0.3 is 0 Å². The van der Waals surface area contributed by atoms with Gasteiger partial charge in [0.2, 0.25) is 0 Å². The summed E-state index contributed by atoms with van der Waals surface area (Å²) in [6.45, 7) is 0. The number of carbonyl (C=O) groups is 1. The molecule has 0 radical (unpaired) electrons. The number of halogens is 2. The number of nitrogens with zero attached hydrogens (tertiary/aromatic N) is 2. The number of aromatic amines is 1. The number of ether oxygens (including phenoxy) is 1. The molecule has 2 aromatic carbocycles. The molecular formula is C17H14Cl2N4O2S. The fraction of sp³-hybridized carbons (Fsp3) is 0.118. The molecular weight excluding hydrogens is 395 g/mol. The van der Waals surface area contributed by atoms with Crippen LogP contribution in [-0.4, -0.2) is 35.0 Å². The zero-order chi connectivity index (χ0) is 18.5. The molecule has 1 aromatic heterocycles. The van der Waals surface area contributed by atoms with E-state index in [-0.39, 0.29) is 11.7 Å². The molecule has 3 aromatic rings. The van der Waals surface area contributed by atoms with E-state index in [2.05, 4.69) is 20.5 Å². The molecule has 134 valence electrons. The van der Waals surface area contributed by atoms with Crippen LogP contribution in [0.25, 0.3) is 11.0 Å². The van der Waals surface area contributed by atoms with Crippen molar-refractivity contribution < 1.29 is 9.53 Å². The molecule has 0 aliphatic heterocycles. The highest BCUT2D eigenvalue weighted by atomic mass is 35.5. The van der Waals surface area contributed by atoms with Gasteiger partial charge in [0.05, 0.1) is 40.2 Å². The maximum atomic E-state index is 11.9. The Morgan fingerprint density at radius 2 is 2.08 bits per heavy atom. The summed E-state index contributed by atoms with van der Waals surface area (Å²) < 4.78 is 5.08. The predicted octanol–water partition coefficient (Wildman–Crippen LogP) is 4.12. The number of rotatable bonds is 6. The van der Waals surface area contributed by atoms with Crippen molar-refractivity contribution in [2.24, 2.45) is 5.10 Å². The van der Waals surface area contributed by atoms with Gasteiger partial charge < -0.3 is 9.72 Å². The van der Waals surface area contributed by atoms with E-state index in [1.807, 2.05) is 24.3 Å². The molecule has 0 atom stereocenters. The maximum absolute atomic E-state index is 11.9. The third-order valence-corrected chi connectivity index (χ3v) is 4.77. The average Bonchev–Trinajstić information content (AvgIpc) is 3.03. The van der Waals surface area contributed by atoms with E-state index in [0.29, 0.717) is 26.5 Å². The van der Waals surface area contributed by atoms with Crippen molar-refractivity contribution in [2.75, 3.05) is 12.9 Å². The van der Waals surface area contributed by atoms with Crippen molar-refractivity contribution in [3.05, 3.63) is 52.0 Å². The molecule has 3 rings (SSSR count). The van der Waals surface area contributed by atoms with Crippen LogP contribution in [0.15, 0.2) is 46.7 Å². The topological polar surface area (TPSA) is 79.4 Å². The smallest absolute Gasteiger partial charge is 0.250 e. The van der Waals surface area contributed by atoms with Gasteiger partial charge in [-0.1, -0.05) is 47.1 Å². The Morgan fingerprint density at radius 1 is 1.35 bits per heavy atom. The molecule has 0 saturated heterocycles. The van der Waals surface area contributed by atoms with Crippen LogP contribution in [0, 0.1) is 0 Å². The number of methoxy groups -OCH3 is 1. The van der Waals surface area contributed by atoms with Gasteiger partial charge in [-0.05, 0) is 29.8 Å². The fourth-order valence-corrected chi connectivity index (χ4v) is 3.53. The largest absolute Gasteiger partial charge is 0.494 e. The number of amides is 1. The molecule has 0 aliphatic carbocycles. The summed E-state index contributed by atoms with van der Waals surface area (Å²) in [5.41, 5.74) is 4.89. The standard InChI is InChI=1S/C17H14Cl2N4O2S/c1-25-16-11(18)6-10(7-12(16)19)8-20-23-15(24)9-26-17-21-13-4-2-3-5-14(13)22-17/h2-8H,9H2,1H3,(H,21,22)(H,23,24)/b20-8-. The summed E-state index contributed by atoms with van der Waals surface area (Å²) >= 11 is 13.4. The third kappa shape index (κ3) is 4.49. The van der Waals surface area contributed by atoms with Crippen molar-refractivity contribution in [1.29, 1.82) is 0 Å². The van der Waals surface area contributed by atoms with Gasteiger partial charge in [0.1, 0.15) is 0 Å². The lowest BCUT2D eigenvalue weighted by Gasteiger charge is -2.06. The molecule has 0 unspecified atom stereocenters. The molecule has 1 heterocycles. The van der Waals surface area contributed by atoms with Crippen molar-refractivity contribution in [1.82, 2.24) is 15.4 Å². The van der Waals surface area contributed by atoms with Crippen LogP contribution < -0.4 is 10.2 Å². The lowest BCUT2D eigenvalue weighted by molar-refractivity contribution is -0.118. The number of aromatic nitrogens is 2. The minimum Gasteiger partial charge on any atom is -0.494 e. The van der Waals surface area contributed by atoms with Gasteiger partial charge in [-0.25, -0.2) is 10.4 Å². The molecule has 0 spiro atoms. The number of thioether (sulfide) groups is 1. The molecule has 1 amide bonds. The summed E-state index contributed by atoms with van der Waals surface area (Å²) in [7, 11) is 1.49. The molecule has 9 heteroatoms. The Balaban J connectivity index is 1.54. The molecule has 0 bridgehead atoms. The lowest BCUT2D eigenvalue weighted by atomic mass is 10.2. The second-order valence-electron chi connectivity index (χ2n) is 5.16. The Hall–Kier alpha value is -2.22. The number of imidazole rings is 1. The van der Waals surface area contributed by atoms with Gasteiger partial charge in [-0.3, -0.25) is 4.79 Å². The lowest BCUT2D eigenvalue weighted by Crippen LogP contribution is -2.19. The second kappa shape index (κ2) is 8.44. The average molecular weight is 409 g/mol. The first-order chi connectivity index (χ1) is 12.6. The summed E-state index contributed by atoms with van der Waals surface area (Å²) in [5.74, 6) is 0.329. The number of H-pyrrole nitrogens is 1. The van der Waals surface area contributed by atoms with Crippen molar-refractivity contribution in [2.45, 2.75) is 5.16 Å². The van der Waals surface area contributed by atoms with Crippen LogP contribution in [0.1, 0.15) is 5.56 Å². The number of hydrazone groups is 1. The van der Waals surface area contributed by atoms with Gasteiger partial charge in [0.25, 0.3) is 5.91 Å². The number of hydrogen-bond acceptors (Lipinski definition) is 5. The van der Waals surface area contributed by atoms with E-state index in [9.17, 15) is 4.79 Å². The van der Waals surface area contributed by atoms with Crippen LogP contribution in [-0.2, 0) is 4.79 Å². The van der Waals surface area contributed by atoms with Gasteiger partial charge in [0, 0.05) is 0 Å². The van der Waals surface area contributed by atoms with E-state index in [1.165, 1.54) is 25.1 Å². The summed E-state index contributed by atoms with van der Waals surface area (Å²) in [5, 5.41) is 5.32. The normalized spacial score (nSPS) is 11.2. The van der Waals surface area contributed by atoms with Gasteiger partial charge in [0.15, 0.2) is 10.9 Å². The number of hydrogen-bond donors (Lipinski definition) is 2. The highest BCUT2D eigenvalue weighted by molar-refractivity contribution is 7.99. The fourth-order valence-electron chi connectivity index (χ4n) is 2.19.